The van der Waals surface area contributed by atoms with Crippen molar-refractivity contribution in [2.45, 2.75) is 39.9 Å². The molecule has 0 amide bonds. The monoisotopic (exact) mass is 324 g/mol. The molecule has 126 valence electrons. The summed E-state index contributed by atoms with van der Waals surface area (Å²) in [6.07, 6.45) is 1.09. The van der Waals surface area contributed by atoms with Crippen LogP contribution in [0.2, 0.25) is 0 Å². The fraction of sp³-hybridized carbons (Fsp3) is 0.421. The van der Waals surface area contributed by atoms with Gasteiger partial charge in [0.1, 0.15) is 0 Å². The zero-order valence-electron chi connectivity index (χ0n) is 14.3. The van der Waals surface area contributed by atoms with Gasteiger partial charge in [-0.1, -0.05) is 18.2 Å². The van der Waals surface area contributed by atoms with Crippen molar-refractivity contribution in [2.24, 2.45) is 0 Å². The number of H-pyrrole nitrogens is 1. The van der Waals surface area contributed by atoms with Crippen molar-refractivity contribution in [2.75, 3.05) is 13.2 Å². The molecule has 1 aromatic carbocycles. The van der Waals surface area contributed by atoms with Crippen LogP contribution in [0.25, 0.3) is 10.9 Å². The van der Waals surface area contributed by atoms with E-state index < -0.39 is 0 Å². The molecule has 0 bridgehead atoms. The van der Waals surface area contributed by atoms with E-state index >= 15 is 0 Å². The summed E-state index contributed by atoms with van der Waals surface area (Å²) in [5, 5.41) is 15.1. The van der Waals surface area contributed by atoms with E-state index in [4.69, 9.17) is 5.11 Å². The van der Waals surface area contributed by atoms with Gasteiger partial charge in [-0.15, -0.1) is 0 Å². The van der Waals surface area contributed by atoms with Crippen molar-refractivity contribution in [3.8, 4) is 0 Å². The number of aliphatic hydroxyl groups is 1. The smallest absolute Gasteiger partial charge is 0.0644 e. The van der Waals surface area contributed by atoms with Gasteiger partial charge in [0.15, 0.2) is 0 Å². The molecule has 0 unspecified atom stereocenters. The highest BCUT2D eigenvalue weighted by Gasteiger charge is 2.22. The Bertz CT molecular complexity index is 877. The Morgan fingerprint density at radius 1 is 1.25 bits per heavy atom. The van der Waals surface area contributed by atoms with Gasteiger partial charge in [0.25, 0.3) is 0 Å². The summed E-state index contributed by atoms with van der Waals surface area (Å²) in [6.45, 7) is 7.80. The Morgan fingerprint density at radius 3 is 2.92 bits per heavy atom. The molecule has 0 fully saturated rings. The maximum Gasteiger partial charge on any atom is 0.0644 e. The Labute approximate surface area is 141 Å². The molecule has 1 aliphatic heterocycles. The summed E-state index contributed by atoms with van der Waals surface area (Å²) in [7, 11) is 0. The van der Waals surface area contributed by atoms with Crippen LogP contribution in [0.1, 0.15) is 28.2 Å². The largest absolute Gasteiger partial charge is 0.394 e. The minimum atomic E-state index is 0.129. The maximum atomic E-state index is 9.17. The summed E-state index contributed by atoms with van der Waals surface area (Å²) in [4.78, 5) is 6.08. The van der Waals surface area contributed by atoms with Crippen LogP contribution >= 0.6 is 0 Å². The van der Waals surface area contributed by atoms with E-state index in [1.165, 1.54) is 33.4 Å². The highest BCUT2D eigenvalue weighted by atomic mass is 16.3. The van der Waals surface area contributed by atoms with Gasteiger partial charge >= 0.3 is 0 Å². The number of para-hydroxylation sites is 1. The molecule has 0 atom stereocenters. The summed E-state index contributed by atoms with van der Waals surface area (Å²) in [5.74, 6) is 0. The highest BCUT2D eigenvalue weighted by Crippen LogP contribution is 2.28. The molecule has 0 radical (unpaired) electrons. The second kappa shape index (κ2) is 6.07. The van der Waals surface area contributed by atoms with Gasteiger partial charge in [-0.05, 0) is 31.9 Å². The number of hydrogen-bond donors (Lipinski definition) is 2. The predicted octanol–water partition coefficient (Wildman–Crippen LogP) is 2.53. The second-order valence-corrected chi connectivity index (χ2v) is 6.68. The first-order valence-electron chi connectivity index (χ1n) is 8.62. The van der Waals surface area contributed by atoms with Crippen molar-refractivity contribution in [1.82, 2.24) is 19.7 Å². The maximum absolute atomic E-state index is 9.17. The number of nitrogens with one attached hydrogen (secondary N) is 1. The molecule has 2 N–H and O–H groups in total. The number of rotatable bonds is 4. The molecule has 0 saturated heterocycles. The van der Waals surface area contributed by atoms with Crippen LogP contribution < -0.4 is 0 Å². The predicted molar refractivity (Wildman–Crippen MR) is 94.9 cm³/mol. The minimum Gasteiger partial charge on any atom is -0.394 e. The third kappa shape index (κ3) is 2.54. The van der Waals surface area contributed by atoms with E-state index in [1.807, 2.05) is 4.68 Å². The molecular formula is C19H24N4O. The summed E-state index contributed by atoms with van der Waals surface area (Å²) in [5.41, 5.74) is 7.61. The van der Waals surface area contributed by atoms with Crippen molar-refractivity contribution in [1.29, 1.82) is 0 Å². The lowest BCUT2D eigenvalue weighted by molar-refractivity contribution is 0.242. The van der Waals surface area contributed by atoms with E-state index in [0.29, 0.717) is 6.54 Å². The van der Waals surface area contributed by atoms with Crippen LogP contribution in [0.15, 0.2) is 24.3 Å². The molecule has 3 heterocycles. The number of fused-ring (bicyclic) bond motifs is 3. The topological polar surface area (TPSA) is 57.1 Å². The van der Waals surface area contributed by atoms with Crippen molar-refractivity contribution >= 4 is 10.9 Å². The SMILES string of the molecule is Cc1nn(CCO)c(C)c1CN1CCc2c([nH]c3ccccc23)C1. The summed E-state index contributed by atoms with van der Waals surface area (Å²) >= 11 is 0. The lowest BCUT2D eigenvalue weighted by Crippen LogP contribution is -2.30. The third-order valence-corrected chi connectivity index (χ3v) is 5.19. The molecule has 5 nitrogen and oxygen atoms in total. The average Bonchev–Trinajstić information content (AvgIpc) is 3.07. The van der Waals surface area contributed by atoms with Crippen molar-refractivity contribution in [3.05, 3.63) is 52.5 Å². The Balaban J connectivity index is 1.57. The Morgan fingerprint density at radius 2 is 2.08 bits per heavy atom. The highest BCUT2D eigenvalue weighted by molar-refractivity contribution is 5.84. The first kappa shape index (κ1) is 15.4. The molecule has 2 aromatic heterocycles. The van der Waals surface area contributed by atoms with Crippen LogP contribution in [-0.2, 0) is 26.1 Å². The number of benzene rings is 1. The van der Waals surface area contributed by atoms with Gasteiger partial charge in [0, 0.05) is 47.5 Å². The number of hydrogen-bond acceptors (Lipinski definition) is 3. The third-order valence-electron chi connectivity index (χ3n) is 5.19. The molecule has 0 saturated carbocycles. The van der Waals surface area contributed by atoms with Crippen molar-refractivity contribution in [3.63, 3.8) is 0 Å². The fourth-order valence-electron chi connectivity index (χ4n) is 3.88. The molecule has 5 heteroatoms. The van der Waals surface area contributed by atoms with Crippen LogP contribution in [0.4, 0.5) is 0 Å². The van der Waals surface area contributed by atoms with E-state index in [0.717, 1.165) is 31.7 Å². The van der Waals surface area contributed by atoms with Gasteiger partial charge in [-0.25, -0.2) is 0 Å². The Hall–Kier alpha value is -2.11. The van der Waals surface area contributed by atoms with Gasteiger partial charge in [0.2, 0.25) is 0 Å². The van der Waals surface area contributed by atoms with E-state index in [1.54, 1.807) is 0 Å². The molecule has 1 aliphatic rings. The molecular weight excluding hydrogens is 300 g/mol. The number of aliphatic hydroxyl groups excluding tert-OH is 1. The average molecular weight is 324 g/mol. The van der Waals surface area contributed by atoms with Gasteiger partial charge in [-0.3, -0.25) is 9.58 Å². The van der Waals surface area contributed by atoms with Crippen LogP contribution in [-0.4, -0.2) is 37.9 Å². The van der Waals surface area contributed by atoms with Gasteiger partial charge in [-0.2, -0.15) is 5.10 Å². The molecule has 24 heavy (non-hydrogen) atoms. The molecule has 4 rings (SSSR count). The van der Waals surface area contributed by atoms with E-state index in [2.05, 4.69) is 53.1 Å². The standard InChI is InChI=1S/C19H24N4O/c1-13-17(14(2)23(21-13)9-10-24)11-22-8-7-16-15-5-3-4-6-18(15)20-19(16)12-22/h3-6,20,24H,7-12H2,1-2H3. The lowest BCUT2D eigenvalue weighted by Gasteiger charge is -2.27. The zero-order chi connectivity index (χ0) is 16.7. The van der Waals surface area contributed by atoms with Crippen molar-refractivity contribution < 1.29 is 5.11 Å². The molecule has 0 spiro atoms. The second-order valence-electron chi connectivity index (χ2n) is 6.68. The Kier molecular flexibility index (Phi) is 3.90. The summed E-state index contributed by atoms with van der Waals surface area (Å²) in [6, 6.07) is 8.58. The number of aryl methyl sites for hydroxylation is 1. The van der Waals surface area contributed by atoms with Crippen LogP contribution in [0, 0.1) is 13.8 Å². The number of aromatic amines is 1. The quantitative estimate of drug-likeness (QED) is 0.775. The molecule has 3 aromatic rings. The first-order valence-corrected chi connectivity index (χ1v) is 8.62. The van der Waals surface area contributed by atoms with E-state index in [9.17, 15) is 0 Å². The first-order chi connectivity index (χ1) is 11.7. The molecule has 0 aliphatic carbocycles. The lowest BCUT2D eigenvalue weighted by atomic mass is 10.0. The minimum absolute atomic E-state index is 0.129. The number of aromatic nitrogens is 3. The number of nitrogens with zero attached hydrogens (tertiary/aromatic N) is 3. The zero-order valence-corrected chi connectivity index (χ0v) is 14.3. The van der Waals surface area contributed by atoms with Gasteiger partial charge in [0.05, 0.1) is 18.8 Å². The van der Waals surface area contributed by atoms with E-state index in [-0.39, 0.29) is 6.61 Å². The summed E-state index contributed by atoms with van der Waals surface area (Å²) < 4.78 is 1.92. The normalized spacial score (nSPS) is 15.1. The fourth-order valence-corrected chi connectivity index (χ4v) is 3.88. The van der Waals surface area contributed by atoms with Crippen LogP contribution in [0.5, 0.6) is 0 Å². The van der Waals surface area contributed by atoms with Crippen LogP contribution in [0.3, 0.4) is 0 Å². The van der Waals surface area contributed by atoms with Gasteiger partial charge < -0.3 is 10.1 Å².